The van der Waals surface area contributed by atoms with Crippen molar-refractivity contribution in [1.82, 2.24) is 10.3 Å². The number of nitrogens with one attached hydrogen (secondary N) is 1. The van der Waals surface area contributed by atoms with Crippen molar-refractivity contribution in [3.8, 4) is 10.6 Å². The number of pyridine rings is 1. The number of carbonyl (C=O) groups is 1. The fourth-order valence-electron chi connectivity index (χ4n) is 2.23. The van der Waals surface area contributed by atoms with Crippen LogP contribution >= 0.6 is 11.3 Å². The second kappa shape index (κ2) is 6.15. The van der Waals surface area contributed by atoms with Crippen molar-refractivity contribution in [1.29, 1.82) is 0 Å². The van der Waals surface area contributed by atoms with Crippen LogP contribution in [0.15, 0.2) is 35.8 Å². The summed E-state index contributed by atoms with van der Waals surface area (Å²) in [6.07, 6.45) is 3.30. The van der Waals surface area contributed by atoms with Gasteiger partial charge in [-0.1, -0.05) is 6.07 Å². The van der Waals surface area contributed by atoms with Gasteiger partial charge in [-0.25, -0.2) is 0 Å². The predicted octanol–water partition coefficient (Wildman–Crippen LogP) is 2.61. The van der Waals surface area contributed by atoms with Gasteiger partial charge in [0.1, 0.15) is 6.10 Å². The lowest BCUT2D eigenvalue weighted by molar-refractivity contribution is -0.130. The molecule has 1 N–H and O–H groups in total. The monoisotopic (exact) mass is 288 g/mol. The Kier molecular flexibility index (Phi) is 4.08. The number of ether oxygens (including phenoxy) is 1. The maximum Gasteiger partial charge on any atom is 0.249 e. The van der Waals surface area contributed by atoms with Gasteiger partial charge >= 0.3 is 0 Å². The summed E-state index contributed by atoms with van der Waals surface area (Å²) in [4.78, 5) is 17.4. The highest BCUT2D eigenvalue weighted by atomic mass is 32.1. The van der Waals surface area contributed by atoms with Crippen LogP contribution in [0.4, 0.5) is 0 Å². The lowest BCUT2D eigenvalue weighted by atomic mass is 10.2. The van der Waals surface area contributed by atoms with E-state index in [0.717, 1.165) is 29.0 Å². The summed E-state index contributed by atoms with van der Waals surface area (Å²) in [6, 6.07) is 7.99. The summed E-state index contributed by atoms with van der Waals surface area (Å²) in [5.74, 6) is -0.0167. The molecule has 5 heteroatoms. The first kappa shape index (κ1) is 13.3. The van der Waals surface area contributed by atoms with Gasteiger partial charge in [-0.15, -0.1) is 11.3 Å². The predicted molar refractivity (Wildman–Crippen MR) is 78.4 cm³/mol. The molecule has 1 fully saturated rings. The van der Waals surface area contributed by atoms with Crippen LogP contribution in [0.5, 0.6) is 0 Å². The third-order valence-corrected chi connectivity index (χ3v) is 4.18. The molecular weight excluding hydrogens is 272 g/mol. The van der Waals surface area contributed by atoms with E-state index in [1.807, 2.05) is 29.6 Å². The van der Waals surface area contributed by atoms with Gasteiger partial charge in [0.25, 0.3) is 0 Å². The van der Waals surface area contributed by atoms with Crippen LogP contribution in [0.1, 0.15) is 18.4 Å². The van der Waals surface area contributed by atoms with E-state index in [-0.39, 0.29) is 12.0 Å². The summed E-state index contributed by atoms with van der Waals surface area (Å²) in [7, 11) is 0. The second-order valence-electron chi connectivity index (χ2n) is 4.75. The smallest absolute Gasteiger partial charge is 0.249 e. The molecule has 2 aromatic heterocycles. The van der Waals surface area contributed by atoms with E-state index in [4.69, 9.17) is 4.74 Å². The molecular formula is C15H16N2O2S. The zero-order valence-electron chi connectivity index (χ0n) is 11.0. The van der Waals surface area contributed by atoms with E-state index < -0.39 is 0 Å². The van der Waals surface area contributed by atoms with Crippen molar-refractivity contribution in [2.45, 2.75) is 25.5 Å². The number of hydrogen-bond acceptors (Lipinski definition) is 4. The van der Waals surface area contributed by atoms with Gasteiger partial charge in [-0.2, -0.15) is 0 Å². The maximum absolute atomic E-state index is 11.9. The Balaban J connectivity index is 1.63. The van der Waals surface area contributed by atoms with Gasteiger partial charge < -0.3 is 10.1 Å². The molecule has 0 bridgehead atoms. The molecule has 2 aromatic rings. The minimum Gasteiger partial charge on any atom is -0.368 e. The van der Waals surface area contributed by atoms with Gasteiger partial charge in [0.15, 0.2) is 0 Å². The Morgan fingerprint density at radius 3 is 3.20 bits per heavy atom. The van der Waals surface area contributed by atoms with Crippen molar-refractivity contribution < 1.29 is 9.53 Å². The standard InChI is InChI=1S/C15H16N2O2S/c18-15(13-3-1-7-19-13)17-10-11-5-6-16-12(9-11)14-4-2-8-20-14/h2,4-6,8-9,13H,1,3,7,10H2,(H,17,18). The van der Waals surface area contributed by atoms with E-state index in [2.05, 4.69) is 10.3 Å². The average molecular weight is 288 g/mol. The first-order chi connectivity index (χ1) is 9.83. The highest BCUT2D eigenvalue weighted by Crippen LogP contribution is 2.23. The maximum atomic E-state index is 11.9. The molecule has 1 aliphatic heterocycles. The fourth-order valence-corrected chi connectivity index (χ4v) is 2.92. The van der Waals surface area contributed by atoms with Crippen molar-refractivity contribution in [2.75, 3.05) is 6.61 Å². The van der Waals surface area contributed by atoms with Crippen molar-refractivity contribution in [3.63, 3.8) is 0 Å². The Morgan fingerprint density at radius 2 is 2.45 bits per heavy atom. The molecule has 104 valence electrons. The van der Waals surface area contributed by atoms with Crippen molar-refractivity contribution >= 4 is 17.2 Å². The number of nitrogens with zero attached hydrogens (tertiary/aromatic N) is 1. The molecule has 0 radical (unpaired) electrons. The molecule has 1 aliphatic rings. The average Bonchev–Trinajstić information content (AvgIpc) is 3.17. The van der Waals surface area contributed by atoms with Gasteiger partial charge in [0.2, 0.25) is 5.91 Å². The third kappa shape index (κ3) is 3.05. The summed E-state index contributed by atoms with van der Waals surface area (Å²) in [5.41, 5.74) is 2.00. The Morgan fingerprint density at radius 1 is 1.50 bits per heavy atom. The molecule has 0 aromatic carbocycles. The topological polar surface area (TPSA) is 51.2 Å². The van der Waals surface area contributed by atoms with Crippen molar-refractivity contribution in [3.05, 3.63) is 41.4 Å². The van der Waals surface area contributed by atoms with Crippen LogP contribution in [-0.2, 0) is 16.1 Å². The zero-order valence-corrected chi connectivity index (χ0v) is 11.9. The molecule has 1 unspecified atom stereocenters. The second-order valence-corrected chi connectivity index (χ2v) is 5.69. The van der Waals surface area contributed by atoms with Crippen LogP contribution < -0.4 is 5.32 Å². The van der Waals surface area contributed by atoms with Crippen LogP contribution in [0.25, 0.3) is 10.6 Å². The number of aromatic nitrogens is 1. The molecule has 0 saturated carbocycles. The number of amides is 1. The van der Waals surface area contributed by atoms with E-state index >= 15 is 0 Å². The van der Waals surface area contributed by atoms with Gasteiger partial charge in [0, 0.05) is 19.3 Å². The molecule has 0 aliphatic carbocycles. The molecule has 20 heavy (non-hydrogen) atoms. The quantitative estimate of drug-likeness (QED) is 0.941. The van der Waals surface area contributed by atoms with E-state index in [0.29, 0.717) is 13.2 Å². The van der Waals surface area contributed by atoms with Gasteiger partial charge in [-0.05, 0) is 42.0 Å². The van der Waals surface area contributed by atoms with E-state index in [9.17, 15) is 4.79 Å². The molecule has 1 amide bonds. The molecule has 0 spiro atoms. The number of rotatable bonds is 4. The molecule has 4 nitrogen and oxygen atoms in total. The number of hydrogen-bond donors (Lipinski definition) is 1. The SMILES string of the molecule is O=C(NCc1ccnc(-c2cccs2)c1)C1CCCO1. The fraction of sp³-hybridized carbons (Fsp3) is 0.333. The minimum atomic E-state index is -0.270. The first-order valence-corrected chi connectivity index (χ1v) is 7.59. The molecule has 3 rings (SSSR count). The number of thiophene rings is 1. The lowest BCUT2D eigenvalue weighted by Gasteiger charge is -2.10. The normalized spacial score (nSPS) is 18.1. The van der Waals surface area contributed by atoms with Gasteiger partial charge in [-0.3, -0.25) is 9.78 Å². The van der Waals surface area contributed by atoms with Crippen LogP contribution in [0, 0.1) is 0 Å². The van der Waals surface area contributed by atoms with Crippen LogP contribution in [-0.4, -0.2) is 23.6 Å². The first-order valence-electron chi connectivity index (χ1n) is 6.71. The highest BCUT2D eigenvalue weighted by Gasteiger charge is 2.22. The van der Waals surface area contributed by atoms with E-state index in [1.165, 1.54) is 0 Å². The Labute approximate surface area is 121 Å². The summed E-state index contributed by atoms with van der Waals surface area (Å²) >= 11 is 1.66. The number of carbonyl (C=O) groups excluding carboxylic acids is 1. The minimum absolute atomic E-state index is 0.0167. The summed E-state index contributed by atoms with van der Waals surface area (Å²) in [6.45, 7) is 1.20. The van der Waals surface area contributed by atoms with Crippen LogP contribution in [0.2, 0.25) is 0 Å². The molecule has 3 heterocycles. The largest absolute Gasteiger partial charge is 0.368 e. The van der Waals surface area contributed by atoms with Crippen LogP contribution in [0.3, 0.4) is 0 Å². The highest BCUT2D eigenvalue weighted by molar-refractivity contribution is 7.13. The summed E-state index contributed by atoms with van der Waals surface area (Å²) in [5, 5.41) is 4.96. The molecule has 1 saturated heterocycles. The lowest BCUT2D eigenvalue weighted by Crippen LogP contribution is -2.33. The molecule has 1 atom stereocenters. The van der Waals surface area contributed by atoms with Gasteiger partial charge in [0.05, 0.1) is 10.6 Å². The summed E-state index contributed by atoms with van der Waals surface area (Å²) < 4.78 is 5.36. The van der Waals surface area contributed by atoms with E-state index in [1.54, 1.807) is 17.5 Å². The zero-order chi connectivity index (χ0) is 13.8. The van der Waals surface area contributed by atoms with Crippen molar-refractivity contribution in [2.24, 2.45) is 0 Å². The Hall–Kier alpha value is -1.72. The Bertz CT molecular complexity index is 577. The third-order valence-electron chi connectivity index (χ3n) is 3.29.